The Morgan fingerprint density at radius 1 is 1.32 bits per heavy atom. The second kappa shape index (κ2) is 7.95. The topological polar surface area (TPSA) is 47.7 Å². The van der Waals surface area contributed by atoms with Crippen molar-refractivity contribution < 1.29 is 9.47 Å². The van der Waals surface area contributed by atoms with Gasteiger partial charge in [0.2, 0.25) is 0 Å². The van der Waals surface area contributed by atoms with Gasteiger partial charge < -0.3 is 20.1 Å². The Balaban J connectivity index is 1.78. The summed E-state index contributed by atoms with van der Waals surface area (Å²) in [7, 11) is 2.14. The van der Waals surface area contributed by atoms with Gasteiger partial charge in [0, 0.05) is 19.7 Å². The van der Waals surface area contributed by atoms with Gasteiger partial charge in [0.1, 0.15) is 12.4 Å². The van der Waals surface area contributed by atoms with Gasteiger partial charge in [0.15, 0.2) is 0 Å². The van der Waals surface area contributed by atoms with Gasteiger partial charge in [-0.15, -0.1) is 0 Å². The molecular weight excluding hydrogens is 276 g/mol. The van der Waals surface area contributed by atoms with Crippen LogP contribution in [0.15, 0.2) is 24.3 Å². The Morgan fingerprint density at radius 2 is 2.05 bits per heavy atom. The van der Waals surface area contributed by atoms with E-state index in [4.69, 9.17) is 15.2 Å². The van der Waals surface area contributed by atoms with E-state index in [1.165, 1.54) is 5.56 Å². The van der Waals surface area contributed by atoms with Crippen molar-refractivity contribution in [2.45, 2.75) is 39.3 Å². The number of hydrogen-bond acceptors (Lipinski definition) is 4. The largest absolute Gasteiger partial charge is 0.491 e. The van der Waals surface area contributed by atoms with E-state index in [9.17, 15) is 0 Å². The Kier molecular flexibility index (Phi) is 6.24. The first-order valence-electron chi connectivity index (χ1n) is 8.20. The average molecular weight is 306 g/mol. The summed E-state index contributed by atoms with van der Waals surface area (Å²) in [5.74, 6) is 0.921. The molecule has 1 atom stereocenters. The fourth-order valence-corrected chi connectivity index (χ4v) is 2.82. The molecule has 1 heterocycles. The molecule has 0 aromatic heterocycles. The number of benzene rings is 1. The number of nitrogens with zero attached hydrogens (tertiary/aromatic N) is 1. The predicted molar refractivity (Wildman–Crippen MR) is 90.1 cm³/mol. The SMILES string of the molecule is CN(Cc1ccc(OCC2CCCO2)cc1)CC(C)(C)CN. The number of rotatable bonds is 8. The van der Waals surface area contributed by atoms with Crippen molar-refractivity contribution in [1.29, 1.82) is 0 Å². The summed E-state index contributed by atoms with van der Waals surface area (Å²) in [5, 5.41) is 0. The molecule has 1 aliphatic heterocycles. The molecular formula is C18H30N2O2. The molecule has 0 bridgehead atoms. The summed E-state index contributed by atoms with van der Waals surface area (Å²) in [6, 6.07) is 8.37. The molecule has 0 aliphatic carbocycles. The highest BCUT2D eigenvalue weighted by atomic mass is 16.5. The van der Waals surface area contributed by atoms with Crippen molar-refractivity contribution in [2.24, 2.45) is 11.1 Å². The molecule has 124 valence electrons. The third kappa shape index (κ3) is 5.59. The van der Waals surface area contributed by atoms with Crippen molar-refractivity contribution in [1.82, 2.24) is 4.90 Å². The molecule has 1 fully saturated rings. The van der Waals surface area contributed by atoms with Crippen molar-refractivity contribution in [3.63, 3.8) is 0 Å². The first-order valence-corrected chi connectivity index (χ1v) is 8.20. The zero-order valence-corrected chi connectivity index (χ0v) is 14.2. The molecule has 4 nitrogen and oxygen atoms in total. The summed E-state index contributed by atoms with van der Waals surface area (Å²) in [6.45, 7) is 8.54. The molecule has 0 radical (unpaired) electrons. The van der Waals surface area contributed by atoms with E-state index in [1.54, 1.807) is 0 Å². The molecule has 0 saturated carbocycles. The van der Waals surface area contributed by atoms with Gasteiger partial charge in [-0.1, -0.05) is 26.0 Å². The zero-order chi connectivity index (χ0) is 16.0. The molecule has 1 aromatic carbocycles. The molecule has 1 unspecified atom stereocenters. The van der Waals surface area contributed by atoms with Gasteiger partial charge in [-0.3, -0.25) is 0 Å². The Labute approximate surface area is 134 Å². The molecule has 1 aliphatic rings. The Bertz CT molecular complexity index is 439. The third-order valence-corrected chi connectivity index (χ3v) is 4.09. The maximum Gasteiger partial charge on any atom is 0.119 e. The Morgan fingerprint density at radius 3 is 2.64 bits per heavy atom. The Hall–Kier alpha value is -1.10. The smallest absolute Gasteiger partial charge is 0.119 e. The molecule has 22 heavy (non-hydrogen) atoms. The molecule has 2 N–H and O–H groups in total. The first-order chi connectivity index (χ1) is 10.5. The number of ether oxygens (including phenoxy) is 2. The van der Waals surface area contributed by atoms with Crippen LogP contribution in [-0.2, 0) is 11.3 Å². The molecule has 4 heteroatoms. The summed E-state index contributed by atoms with van der Waals surface area (Å²) >= 11 is 0. The average Bonchev–Trinajstić information content (AvgIpc) is 2.99. The second-order valence-corrected chi connectivity index (χ2v) is 7.13. The van der Waals surface area contributed by atoms with E-state index in [-0.39, 0.29) is 11.5 Å². The summed E-state index contributed by atoms with van der Waals surface area (Å²) in [6.07, 6.45) is 2.53. The molecule has 0 amide bonds. The zero-order valence-electron chi connectivity index (χ0n) is 14.2. The van der Waals surface area contributed by atoms with E-state index in [0.717, 1.165) is 38.3 Å². The van der Waals surface area contributed by atoms with Gasteiger partial charge in [-0.05, 0) is 49.5 Å². The maximum absolute atomic E-state index is 5.80. The van der Waals surface area contributed by atoms with E-state index < -0.39 is 0 Å². The van der Waals surface area contributed by atoms with Crippen molar-refractivity contribution in [3.05, 3.63) is 29.8 Å². The lowest BCUT2D eigenvalue weighted by atomic mass is 9.93. The van der Waals surface area contributed by atoms with Crippen LogP contribution < -0.4 is 10.5 Å². The fourth-order valence-electron chi connectivity index (χ4n) is 2.82. The van der Waals surface area contributed by atoms with Crippen LogP contribution in [-0.4, -0.2) is 44.4 Å². The first kappa shape index (κ1) is 17.3. The van der Waals surface area contributed by atoms with Gasteiger partial charge in [0.25, 0.3) is 0 Å². The van der Waals surface area contributed by atoms with Gasteiger partial charge in [-0.2, -0.15) is 0 Å². The van der Waals surface area contributed by atoms with Crippen LogP contribution in [0, 0.1) is 5.41 Å². The van der Waals surface area contributed by atoms with Gasteiger partial charge in [0.05, 0.1) is 6.10 Å². The minimum Gasteiger partial charge on any atom is -0.491 e. The minimum atomic E-state index is 0.152. The maximum atomic E-state index is 5.80. The minimum absolute atomic E-state index is 0.152. The van der Waals surface area contributed by atoms with E-state index in [2.05, 4.69) is 37.9 Å². The van der Waals surface area contributed by atoms with Crippen LogP contribution in [0.25, 0.3) is 0 Å². The highest BCUT2D eigenvalue weighted by Gasteiger charge is 2.18. The lowest BCUT2D eigenvalue weighted by molar-refractivity contribution is 0.0679. The van der Waals surface area contributed by atoms with Crippen LogP contribution in [0.3, 0.4) is 0 Å². The fraction of sp³-hybridized carbons (Fsp3) is 0.667. The lowest BCUT2D eigenvalue weighted by Gasteiger charge is -2.29. The summed E-state index contributed by atoms with van der Waals surface area (Å²) < 4.78 is 11.4. The molecule has 1 saturated heterocycles. The van der Waals surface area contributed by atoms with Crippen molar-refractivity contribution in [3.8, 4) is 5.75 Å². The predicted octanol–water partition coefficient (Wildman–Crippen LogP) is 2.66. The highest BCUT2D eigenvalue weighted by molar-refractivity contribution is 5.27. The van der Waals surface area contributed by atoms with Crippen LogP contribution in [0.1, 0.15) is 32.3 Å². The van der Waals surface area contributed by atoms with Crippen LogP contribution >= 0.6 is 0 Å². The van der Waals surface area contributed by atoms with E-state index in [1.807, 2.05) is 12.1 Å². The number of nitrogens with two attached hydrogens (primary N) is 1. The summed E-state index contributed by atoms with van der Waals surface area (Å²) in [5.41, 5.74) is 7.24. The third-order valence-electron chi connectivity index (χ3n) is 4.09. The van der Waals surface area contributed by atoms with Crippen LogP contribution in [0.4, 0.5) is 0 Å². The van der Waals surface area contributed by atoms with Crippen LogP contribution in [0.5, 0.6) is 5.75 Å². The molecule has 0 spiro atoms. The number of hydrogen-bond donors (Lipinski definition) is 1. The normalized spacial score (nSPS) is 18.9. The van der Waals surface area contributed by atoms with Gasteiger partial charge >= 0.3 is 0 Å². The standard InChI is InChI=1S/C18H30N2O2/c1-18(2,13-19)14-20(3)11-15-6-8-16(9-7-15)22-12-17-5-4-10-21-17/h6-9,17H,4-5,10-14,19H2,1-3H3. The lowest BCUT2D eigenvalue weighted by Crippen LogP contribution is -2.36. The molecule has 2 rings (SSSR count). The van der Waals surface area contributed by atoms with Gasteiger partial charge in [-0.25, -0.2) is 0 Å². The summed E-state index contributed by atoms with van der Waals surface area (Å²) in [4.78, 5) is 2.31. The quantitative estimate of drug-likeness (QED) is 0.802. The molecule has 1 aromatic rings. The van der Waals surface area contributed by atoms with Crippen molar-refractivity contribution >= 4 is 0 Å². The van der Waals surface area contributed by atoms with Crippen LogP contribution in [0.2, 0.25) is 0 Å². The highest BCUT2D eigenvalue weighted by Crippen LogP contribution is 2.19. The second-order valence-electron chi connectivity index (χ2n) is 7.13. The monoisotopic (exact) mass is 306 g/mol. The van der Waals surface area contributed by atoms with E-state index >= 15 is 0 Å². The van der Waals surface area contributed by atoms with Crippen molar-refractivity contribution in [2.75, 3.05) is 33.4 Å². The van der Waals surface area contributed by atoms with E-state index in [0.29, 0.717) is 13.2 Å².